The number of methoxy groups -OCH3 is 4. The SMILES string of the molecule is COC(=O)c1cc2cc(C3CC(C(O[Si](C)(C)C(C)(C)C)c4cc5c(OC)cc(OC)c(OC)c5c(OCc5ccccc5)c4OCc4ccccc4)=NO3)c(OCc3ccccc3)c(OCc3ccccc3)c2c(=O)o1. The highest BCUT2D eigenvalue weighted by Gasteiger charge is 2.44. The zero-order valence-electron chi connectivity index (χ0n) is 44.8. The molecule has 77 heavy (non-hydrogen) atoms. The number of fused-ring (bicyclic) bond motifs is 2. The molecule has 1 aromatic heterocycles. The Kier molecular flexibility index (Phi) is 16.2. The summed E-state index contributed by atoms with van der Waals surface area (Å²) in [5.74, 6) is 1.32. The lowest BCUT2D eigenvalue weighted by atomic mass is 9.93. The summed E-state index contributed by atoms with van der Waals surface area (Å²) in [4.78, 5) is 33.7. The van der Waals surface area contributed by atoms with Crippen molar-refractivity contribution in [3.8, 4) is 40.2 Å². The first-order valence-electron chi connectivity index (χ1n) is 25.3. The summed E-state index contributed by atoms with van der Waals surface area (Å²) >= 11 is 0. The highest BCUT2D eigenvalue weighted by molar-refractivity contribution is 6.74. The molecule has 7 aromatic carbocycles. The fourth-order valence-electron chi connectivity index (χ4n) is 8.94. The van der Waals surface area contributed by atoms with Gasteiger partial charge in [0, 0.05) is 29.0 Å². The van der Waals surface area contributed by atoms with Gasteiger partial charge in [0.25, 0.3) is 0 Å². The number of benzene rings is 7. The molecular formula is C62H63NO13Si. The van der Waals surface area contributed by atoms with Crippen LogP contribution in [0.15, 0.2) is 160 Å². The molecule has 2 unspecified atom stereocenters. The van der Waals surface area contributed by atoms with E-state index in [1.165, 1.54) is 13.2 Å². The van der Waals surface area contributed by atoms with E-state index in [-0.39, 0.29) is 60.5 Å². The third-order valence-corrected chi connectivity index (χ3v) is 18.4. The fraction of sp³-hybridized carbons (Fsp3) is 0.274. The first-order valence-corrected chi connectivity index (χ1v) is 28.2. The Morgan fingerprint density at radius 2 is 1.10 bits per heavy atom. The molecule has 398 valence electrons. The minimum Gasteiger partial charge on any atom is -0.496 e. The summed E-state index contributed by atoms with van der Waals surface area (Å²) in [6.07, 6.45) is -1.59. The second-order valence-corrected chi connectivity index (χ2v) is 24.8. The molecule has 0 amide bonds. The normalized spacial score (nSPS) is 13.8. The van der Waals surface area contributed by atoms with Crippen LogP contribution < -0.4 is 38.8 Å². The van der Waals surface area contributed by atoms with Gasteiger partial charge < -0.3 is 51.6 Å². The van der Waals surface area contributed by atoms with Crippen molar-refractivity contribution < 1.29 is 56.4 Å². The smallest absolute Gasteiger partial charge is 0.374 e. The molecule has 9 rings (SSSR count). The van der Waals surface area contributed by atoms with Gasteiger partial charge in [-0.25, -0.2) is 9.59 Å². The standard InChI is InChI=1S/C62H63NO13Si/c1-62(2,3)77(8,9)76-54(46-32-44-48(66-4)34-50(67-5)57(68-6)53(44)59(73-38-42-28-20-13-21-29-42)56(46)71-36-40-24-16-11-17-25-40)47-33-49(75-63-47)45-30-43-31-51(60(64)69-7)74-61(65)52(43)58(72-37-41-26-18-12-19-27-41)55(45)70-35-39-22-14-10-15-23-39/h10-32,34,49,54H,33,35-38H2,1-9H3. The van der Waals surface area contributed by atoms with Crippen LogP contribution in [-0.2, 0) is 40.4 Å². The Hall–Kier alpha value is -8.27. The van der Waals surface area contributed by atoms with Gasteiger partial charge in [0.1, 0.15) is 43.7 Å². The summed E-state index contributed by atoms with van der Waals surface area (Å²) in [7, 11) is 3.22. The summed E-state index contributed by atoms with van der Waals surface area (Å²) < 4.78 is 64.0. The molecule has 0 N–H and O–H groups in total. The predicted molar refractivity (Wildman–Crippen MR) is 297 cm³/mol. The quantitative estimate of drug-likeness (QED) is 0.0496. The number of carbonyl (C=O) groups excluding carboxylic acids is 1. The zero-order valence-corrected chi connectivity index (χ0v) is 45.8. The van der Waals surface area contributed by atoms with Crippen molar-refractivity contribution in [2.45, 2.75) is 84.0 Å². The first kappa shape index (κ1) is 53.5. The average molecular weight is 1060 g/mol. The van der Waals surface area contributed by atoms with Crippen LogP contribution >= 0.6 is 0 Å². The lowest BCUT2D eigenvalue weighted by molar-refractivity contribution is 0.0560. The van der Waals surface area contributed by atoms with Gasteiger partial charge in [-0.2, -0.15) is 0 Å². The predicted octanol–water partition coefficient (Wildman–Crippen LogP) is 13.7. The zero-order chi connectivity index (χ0) is 54.3. The first-order chi connectivity index (χ1) is 37.2. The van der Waals surface area contributed by atoms with Gasteiger partial charge in [-0.1, -0.05) is 147 Å². The van der Waals surface area contributed by atoms with Gasteiger partial charge in [0.05, 0.1) is 39.5 Å². The Morgan fingerprint density at radius 3 is 1.58 bits per heavy atom. The maximum absolute atomic E-state index is 14.1. The number of esters is 1. The van der Waals surface area contributed by atoms with E-state index in [9.17, 15) is 9.59 Å². The monoisotopic (exact) mass is 1060 g/mol. The highest BCUT2D eigenvalue weighted by Crippen LogP contribution is 2.55. The van der Waals surface area contributed by atoms with E-state index in [4.69, 9.17) is 56.7 Å². The number of ether oxygens (including phenoxy) is 8. The van der Waals surface area contributed by atoms with E-state index in [2.05, 4.69) is 33.9 Å². The van der Waals surface area contributed by atoms with Crippen LogP contribution in [0.4, 0.5) is 0 Å². The molecule has 0 fully saturated rings. The van der Waals surface area contributed by atoms with Crippen LogP contribution in [0, 0.1) is 0 Å². The number of hydrogen-bond acceptors (Lipinski definition) is 14. The van der Waals surface area contributed by atoms with Crippen molar-refractivity contribution in [2.24, 2.45) is 5.16 Å². The van der Waals surface area contributed by atoms with Crippen molar-refractivity contribution in [1.82, 2.24) is 0 Å². The third kappa shape index (κ3) is 11.6. The molecule has 0 radical (unpaired) electrons. The largest absolute Gasteiger partial charge is 0.496 e. The van der Waals surface area contributed by atoms with Gasteiger partial charge in [0.15, 0.2) is 48.9 Å². The van der Waals surface area contributed by atoms with E-state index in [1.54, 1.807) is 33.5 Å². The van der Waals surface area contributed by atoms with Gasteiger partial charge in [0.2, 0.25) is 5.76 Å². The van der Waals surface area contributed by atoms with Crippen molar-refractivity contribution in [1.29, 1.82) is 0 Å². The van der Waals surface area contributed by atoms with Crippen LogP contribution in [0.1, 0.15) is 83.3 Å². The molecule has 8 aromatic rings. The van der Waals surface area contributed by atoms with E-state index in [0.29, 0.717) is 61.7 Å². The van der Waals surface area contributed by atoms with Gasteiger partial charge in [-0.3, -0.25) is 0 Å². The summed E-state index contributed by atoms with van der Waals surface area (Å²) in [5, 5.41) is 6.26. The van der Waals surface area contributed by atoms with Crippen molar-refractivity contribution in [3.63, 3.8) is 0 Å². The lowest BCUT2D eigenvalue weighted by Crippen LogP contribution is -2.43. The Morgan fingerprint density at radius 1 is 0.610 bits per heavy atom. The summed E-state index contributed by atoms with van der Waals surface area (Å²) in [5.41, 5.74) is 4.34. The average Bonchev–Trinajstić information content (AvgIpc) is 3.96. The molecular weight excluding hydrogens is 995 g/mol. The van der Waals surface area contributed by atoms with Crippen LogP contribution in [0.3, 0.4) is 0 Å². The molecule has 0 spiro atoms. The number of carbonyl (C=O) groups is 1. The lowest BCUT2D eigenvalue weighted by Gasteiger charge is -2.39. The van der Waals surface area contributed by atoms with E-state index in [0.717, 1.165) is 22.3 Å². The van der Waals surface area contributed by atoms with Crippen molar-refractivity contribution in [2.75, 3.05) is 28.4 Å². The second-order valence-electron chi connectivity index (χ2n) is 20.1. The van der Waals surface area contributed by atoms with Crippen molar-refractivity contribution >= 4 is 41.5 Å². The molecule has 1 aliphatic rings. The summed E-state index contributed by atoms with van der Waals surface area (Å²) in [6.45, 7) is 11.4. The van der Waals surface area contributed by atoms with Gasteiger partial charge in [-0.15, -0.1) is 0 Å². The molecule has 0 bridgehead atoms. The van der Waals surface area contributed by atoms with E-state index < -0.39 is 32.1 Å². The minimum atomic E-state index is -2.76. The number of hydrogen-bond donors (Lipinski definition) is 0. The summed E-state index contributed by atoms with van der Waals surface area (Å²) in [6, 6.07) is 45.9. The molecule has 15 heteroatoms. The highest BCUT2D eigenvalue weighted by atomic mass is 28.4. The van der Waals surface area contributed by atoms with Gasteiger partial charge in [-0.05, 0) is 64.0 Å². The van der Waals surface area contributed by atoms with Crippen LogP contribution in [0.25, 0.3) is 21.5 Å². The fourth-order valence-corrected chi connectivity index (χ4v) is 10.1. The second kappa shape index (κ2) is 23.3. The molecule has 0 aliphatic carbocycles. The third-order valence-electron chi connectivity index (χ3n) is 14.0. The molecule has 0 saturated heterocycles. The Bertz CT molecular complexity index is 3450. The van der Waals surface area contributed by atoms with Crippen LogP contribution in [-0.4, -0.2) is 48.4 Å². The molecule has 2 atom stereocenters. The van der Waals surface area contributed by atoms with Crippen molar-refractivity contribution in [3.05, 3.63) is 195 Å². The maximum Gasteiger partial charge on any atom is 0.374 e. The van der Waals surface area contributed by atoms with Crippen LogP contribution in [0.2, 0.25) is 18.1 Å². The van der Waals surface area contributed by atoms with E-state index in [1.807, 2.05) is 127 Å². The molecule has 0 saturated carbocycles. The number of oxime groups is 1. The van der Waals surface area contributed by atoms with E-state index >= 15 is 0 Å². The molecule has 14 nitrogen and oxygen atoms in total. The number of nitrogens with zero attached hydrogens (tertiary/aromatic N) is 1. The minimum absolute atomic E-state index is 0.0670. The Labute approximate surface area is 449 Å². The van der Waals surface area contributed by atoms with Gasteiger partial charge >= 0.3 is 11.6 Å². The Balaban J connectivity index is 1.26. The number of rotatable bonds is 21. The van der Waals surface area contributed by atoms with Crippen LogP contribution in [0.5, 0.6) is 40.2 Å². The molecule has 2 heterocycles. The maximum atomic E-state index is 14.1. The molecule has 1 aliphatic heterocycles. The topological polar surface area (TPSA) is 152 Å².